The van der Waals surface area contributed by atoms with Gasteiger partial charge in [-0.15, -0.1) is 6.58 Å². The van der Waals surface area contributed by atoms with Gasteiger partial charge in [0.05, 0.1) is 11.4 Å². The van der Waals surface area contributed by atoms with Crippen molar-refractivity contribution in [3.05, 3.63) is 113 Å². The average Bonchev–Trinajstić information content (AvgIpc) is 2.89. The summed E-state index contributed by atoms with van der Waals surface area (Å²) >= 11 is 6.43. The third-order valence-corrected chi connectivity index (χ3v) is 6.04. The van der Waals surface area contributed by atoms with E-state index in [0.29, 0.717) is 17.9 Å². The Kier molecular flexibility index (Phi) is 6.29. The quantitative estimate of drug-likeness (QED) is 0.401. The predicted molar refractivity (Wildman–Crippen MR) is 134 cm³/mol. The van der Waals surface area contributed by atoms with Crippen molar-refractivity contribution in [2.45, 2.75) is 38.3 Å². The van der Waals surface area contributed by atoms with Gasteiger partial charge in [-0.05, 0) is 44.0 Å². The van der Waals surface area contributed by atoms with E-state index in [1.807, 2.05) is 97.6 Å². The summed E-state index contributed by atoms with van der Waals surface area (Å²) in [5, 5.41) is 0.614. The van der Waals surface area contributed by atoms with Gasteiger partial charge in [0, 0.05) is 28.6 Å². The summed E-state index contributed by atoms with van der Waals surface area (Å²) in [5.74, 6) is -0.0224. The molecule has 4 heteroatoms. The van der Waals surface area contributed by atoms with Gasteiger partial charge in [0.1, 0.15) is 5.54 Å². The standard InChI is InChI=1S/C28H27ClN2O/c1-4-17-28(19-21-11-7-5-8-12-21)27(32)31(20(2)3)25-16-15-23(29)18-24(25)26(30-28)22-13-9-6-10-14-22/h4-16,18,20H,1,17,19H2,2-3H3/t28-/m0/s1. The van der Waals surface area contributed by atoms with E-state index < -0.39 is 5.54 Å². The van der Waals surface area contributed by atoms with Crippen LogP contribution in [0, 0.1) is 0 Å². The zero-order chi connectivity index (χ0) is 22.7. The van der Waals surface area contributed by atoms with E-state index in [9.17, 15) is 4.79 Å². The Bertz CT molecular complexity index is 1150. The predicted octanol–water partition coefficient (Wildman–Crippen LogP) is 6.49. The molecule has 0 fully saturated rings. The Morgan fingerprint density at radius 3 is 2.31 bits per heavy atom. The normalized spacial score (nSPS) is 18.2. The Morgan fingerprint density at radius 1 is 1.03 bits per heavy atom. The van der Waals surface area contributed by atoms with Gasteiger partial charge in [0.2, 0.25) is 0 Å². The maximum atomic E-state index is 14.3. The molecule has 4 rings (SSSR count). The summed E-state index contributed by atoms with van der Waals surface area (Å²) in [6.07, 6.45) is 2.72. The van der Waals surface area contributed by atoms with E-state index in [1.165, 1.54) is 0 Å². The lowest BCUT2D eigenvalue weighted by molar-refractivity contribution is -0.123. The summed E-state index contributed by atoms with van der Waals surface area (Å²) in [6.45, 7) is 8.04. The fraction of sp³-hybridized carbons (Fsp3) is 0.214. The maximum absolute atomic E-state index is 14.3. The summed E-state index contributed by atoms with van der Waals surface area (Å²) < 4.78 is 0. The zero-order valence-electron chi connectivity index (χ0n) is 18.5. The van der Waals surface area contributed by atoms with E-state index in [0.717, 1.165) is 28.1 Å². The maximum Gasteiger partial charge on any atom is 0.255 e. The van der Waals surface area contributed by atoms with Gasteiger partial charge in [0.25, 0.3) is 5.91 Å². The van der Waals surface area contributed by atoms with Crippen molar-refractivity contribution in [1.29, 1.82) is 0 Å². The average molecular weight is 443 g/mol. The topological polar surface area (TPSA) is 32.7 Å². The van der Waals surface area contributed by atoms with Gasteiger partial charge >= 0.3 is 0 Å². The lowest BCUT2D eigenvalue weighted by atomic mass is 9.86. The third kappa shape index (κ3) is 4.13. The minimum atomic E-state index is -1.01. The van der Waals surface area contributed by atoms with Crippen molar-refractivity contribution in [1.82, 2.24) is 0 Å². The number of halogens is 1. The van der Waals surface area contributed by atoms with Crippen LogP contribution in [0.1, 0.15) is 37.0 Å². The number of nitrogens with zero attached hydrogens (tertiary/aromatic N) is 2. The fourth-order valence-electron chi connectivity index (χ4n) is 4.39. The summed E-state index contributed by atoms with van der Waals surface area (Å²) in [4.78, 5) is 21.4. The largest absolute Gasteiger partial charge is 0.307 e. The highest BCUT2D eigenvalue weighted by Gasteiger charge is 2.45. The van der Waals surface area contributed by atoms with Crippen LogP contribution < -0.4 is 4.90 Å². The molecule has 3 nitrogen and oxygen atoms in total. The lowest BCUT2D eigenvalue weighted by Gasteiger charge is -2.35. The van der Waals surface area contributed by atoms with Crippen LogP contribution in [-0.2, 0) is 11.2 Å². The summed E-state index contributed by atoms with van der Waals surface area (Å²) in [6, 6.07) is 25.7. The van der Waals surface area contributed by atoms with E-state index in [-0.39, 0.29) is 11.9 Å². The second-order valence-electron chi connectivity index (χ2n) is 8.44. The number of hydrogen-bond donors (Lipinski definition) is 0. The summed E-state index contributed by atoms with van der Waals surface area (Å²) in [5.41, 5.74) is 3.48. The molecule has 1 aliphatic heterocycles. The SMILES string of the molecule is C=CC[C@@]1(Cc2ccccc2)N=C(c2ccccc2)c2cc(Cl)ccc2N(C(C)C)C1=O. The van der Waals surface area contributed by atoms with Gasteiger partial charge in [0.15, 0.2) is 0 Å². The first kappa shape index (κ1) is 22.0. The van der Waals surface area contributed by atoms with Crippen molar-refractivity contribution in [2.24, 2.45) is 4.99 Å². The number of aliphatic imine (C=N–C) groups is 1. The second kappa shape index (κ2) is 9.13. The second-order valence-corrected chi connectivity index (χ2v) is 8.88. The van der Waals surface area contributed by atoms with Gasteiger partial charge in [-0.1, -0.05) is 78.3 Å². The Labute approximate surface area is 195 Å². The number of amides is 1. The number of benzodiazepines with no additional fused rings is 1. The molecule has 0 radical (unpaired) electrons. The molecule has 162 valence electrons. The molecular formula is C28H27ClN2O. The molecule has 1 amide bonds. The smallest absolute Gasteiger partial charge is 0.255 e. The zero-order valence-corrected chi connectivity index (χ0v) is 19.2. The van der Waals surface area contributed by atoms with Crippen molar-refractivity contribution < 1.29 is 4.79 Å². The molecule has 0 aromatic heterocycles. The molecule has 32 heavy (non-hydrogen) atoms. The molecule has 0 aliphatic carbocycles. The van der Waals surface area contributed by atoms with Crippen LogP contribution in [0.15, 0.2) is 96.5 Å². The molecule has 1 aliphatic rings. The molecule has 1 atom stereocenters. The summed E-state index contributed by atoms with van der Waals surface area (Å²) in [7, 11) is 0. The van der Waals surface area contributed by atoms with Crippen LogP contribution >= 0.6 is 11.6 Å². The van der Waals surface area contributed by atoms with Crippen LogP contribution in [0.4, 0.5) is 5.69 Å². The van der Waals surface area contributed by atoms with Crippen molar-refractivity contribution in [3.63, 3.8) is 0 Å². The van der Waals surface area contributed by atoms with E-state index >= 15 is 0 Å². The highest BCUT2D eigenvalue weighted by molar-refractivity contribution is 6.32. The molecule has 1 heterocycles. The van der Waals surface area contributed by atoms with Crippen LogP contribution in [0.2, 0.25) is 5.02 Å². The molecule has 0 bridgehead atoms. The van der Waals surface area contributed by atoms with E-state index in [2.05, 4.69) is 6.58 Å². The van der Waals surface area contributed by atoms with Crippen molar-refractivity contribution in [2.75, 3.05) is 4.90 Å². The first-order valence-electron chi connectivity index (χ1n) is 10.9. The number of fused-ring (bicyclic) bond motifs is 1. The number of carbonyl (C=O) groups is 1. The lowest BCUT2D eigenvalue weighted by Crippen LogP contribution is -2.51. The van der Waals surface area contributed by atoms with Gasteiger partial charge in [-0.2, -0.15) is 0 Å². The monoisotopic (exact) mass is 442 g/mol. The number of carbonyl (C=O) groups excluding carboxylic acids is 1. The molecule has 0 N–H and O–H groups in total. The Balaban J connectivity index is 2.03. The third-order valence-electron chi connectivity index (χ3n) is 5.80. The number of benzene rings is 3. The van der Waals surface area contributed by atoms with Crippen LogP contribution in [0.25, 0.3) is 0 Å². The van der Waals surface area contributed by atoms with Crippen molar-refractivity contribution in [3.8, 4) is 0 Å². The van der Waals surface area contributed by atoms with Gasteiger partial charge < -0.3 is 4.90 Å². The fourth-order valence-corrected chi connectivity index (χ4v) is 4.56. The Morgan fingerprint density at radius 2 is 1.69 bits per heavy atom. The number of anilines is 1. The Hall–Kier alpha value is -3.17. The van der Waals surface area contributed by atoms with Crippen molar-refractivity contribution >= 4 is 28.9 Å². The first-order valence-corrected chi connectivity index (χ1v) is 11.3. The molecule has 3 aromatic rings. The number of rotatable bonds is 6. The van der Waals surface area contributed by atoms with Crippen LogP contribution in [-0.4, -0.2) is 23.2 Å². The molecule has 0 spiro atoms. The van der Waals surface area contributed by atoms with E-state index in [4.69, 9.17) is 16.6 Å². The minimum Gasteiger partial charge on any atom is -0.307 e. The molecule has 0 unspecified atom stereocenters. The van der Waals surface area contributed by atoms with E-state index in [1.54, 1.807) is 6.08 Å². The van der Waals surface area contributed by atoms with Gasteiger partial charge in [-0.3, -0.25) is 9.79 Å². The first-order chi connectivity index (χ1) is 15.4. The molecule has 3 aromatic carbocycles. The number of hydrogen-bond acceptors (Lipinski definition) is 2. The van der Waals surface area contributed by atoms with Crippen LogP contribution in [0.3, 0.4) is 0 Å². The molecule has 0 saturated heterocycles. The molecular weight excluding hydrogens is 416 g/mol. The molecule has 0 saturated carbocycles. The highest BCUT2D eigenvalue weighted by atomic mass is 35.5. The van der Waals surface area contributed by atoms with Crippen LogP contribution in [0.5, 0.6) is 0 Å². The highest BCUT2D eigenvalue weighted by Crippen LogP contribution is 2.38. The minimum absolute atomic E-state index is 0.0224. The van der Waals surface area contributed by atoms with Gasteiger partial charge in [-0.25, -0.2) is 0 Å².